The van der Waals surface area contributed by atoms with Gasteiger partial charge in [0.2, 0.25) is 0 Å². The van der Waals surface area contributed by atoms with Gasteiger partial charge in [0.05, 0.1) is 31.4 Å². The number of hydrogen-bond acceptors (Lipinski definition) is 7. The molecule has 192 valence electrons. The number of phenolic OH excluding ortho intramolecular Hbond substituents is 1. The molecule has 0 unspecified atom stereocenters. The number of hydrogen-bond donors (Lipinski definition) is 2. The van der Waals surface area contributed by atoms with E-state index in [1.54, 1.807) is 30.3 Å². The molecule has 2 fully saturated rings. The Hall–Kier alpha value is -3.36. The van der Waals surface area contributed by atoms with Gasteiger partial charge in [0.1, 0.15) is 17.3 Å². The van der Waals surface area contributed by atoms with Crippen molar-refractivity contribution in [1.29, 1.82) is 0 Å². The zero-order valence-electron chi connectivity index (χ0n) is 21.1. The lowest BCUT2D eigenvalue weighted by Crippen LogP contribution is -2.42. The number of aliphatic hydroxyl groups excluding tert-OH is 1. The first-order chi connectivity index (χ1) is 17.3. The monoisotopic (exact) mass is 494 g/mol. The number of aliphatic hydroxyl groups is 1. The molecule has 2 saturated heterocycles. The van der Waals surface area contributed by atoms with E-state index in [2.05, 4.69) is 18.7 Å². The molecule has 36 heavy (non-hydrogen) atoms. The highest BCUT2D eigenvalue weighted by Crippen LogP contribution is 2.40. The summed E-state index contributed by atoms with van der Waals surface area (Å²) in [6.45, 7) is 10.3. The Morgan fingerprint density at radius 1 is 1.08 bits per heavy atom. The molecule has 0 spiro atoms. The molecule has 4 rings (SSSR count). The summed E-state index contributed by atoms with van der Waals surface area (Å²) in [5.74, 6) is -0.421. The maximum absolute atomic E-state index is 13.2. The second-order valence-electron chi connectivity index (χ2n) is 9.72. The molecule has 0 saturated carbocycles. The van der Waals surface area contributed by atoms with E-state index in [0.29, 0.717) is 55.7 Å². The molecule has 1 atom stereocenters. The fourth-order valence-corrected chi connectivity index (χ4v) is 4.56. The van der Waals surface area contributed by atoms with Crippen LogP contribution >= 0.6 is 0 Å². The summed E-state index contributed by atoms with van der Waals surface area (Å²) < 4.78 is 11.2. The van der Waals surface area contributed by atoms with Gasteiger partial charge in [-0.15, -0.1) is 0 Å². The Labute approximate surface area is 211 Å². The van der Waals surface area contributed by atoms with E-state index < -0.39 is 17.7 Å². The van der Waals surface area contributed by atoms with Gasteiger partial charge >= 0.3 is 0 Å². The molecule has 2 heterocycles. The third-order valence-corrected chi connectivity index (χ3v) is 6.53. The number of aryl methyl sites for hydroxylation is 1. The molecule has 8 nitrogen and oxygen atoms in total. The minimum Gasteiger partial charge on any atom is -0.508 e. The number of likely N-dealkylation sites (tertiary alicyclic amines) is 1. The predicted molar refractivity (Wildman–Crippen MR) is 136 cm³/mol. The third kappa shape index (κ3) is 5.55. The summed E-state index contributed by atoms with van der Waals surface area (Å²) in [6.07, 6.45) is 0. The standard InChI is InChI=1S/C28H34N2O6/c1-18(2)17-36-23-9-6-21(16-19(23)3)26(32)24-25(20-4-7-22(31)8-5-20)30(28(34)27(24)33)11-10-29-12-14-35-15-13-29/h4-9,16,18,25,31-32H,10-15,17H2,1-3H3/t25-/m1/s1. The van der Waals surface area contributed by atoms with Crippen LogP contribution in [0, 0.1) is 12.8 Å². The lowest BCUT2D eigenvalue weighted by molar-refractivity contribution is -0.140. The lowest BCUT2D eigenvalue weighted by Gasteiger charge is -2.31. The topological polar surface area (TPSA) is 99.5 Å². The largest absolute Gasteiger partial charge is 0.508 e. The van der Waals surface area contributed by atoms with Crippen LogP contribution in [0.2, 0.25) is 0 Å². The maximum atomic E-state index is 13.2. The summed E-state index contributed by atoms with van der Waals surface area (Å²) in [5.41, 5.74) is 1.95. The van der Waals surface area contributed by atoms with Gasteiger partial charge in [0.15, 0.2) is 0 Å². The molecule has 8 heteroatoms. The molecule has 2 aromatic rings. The van der Waals surface area contributed by atoms with Crippen LogP contribution in [0.1, 0.15) is 36.6 Å². The number of morpholine rings is 1. The number of phenols is 1. The normalized spacial score (nSPS) is 20.3. The number of benzene rings is 2. The fourth-order valence-electron chi connectivity index (χ4n) is 4.56. The number of nitrogens with zero attached hydrogens (tertiary/aromatic N) is 2. The average molecular weight is 495 g/mol. The van der Waals surface area contributed by atoms with Crippen molar-refractivity contribution >= 4 is 17.4 Å². The maximum Gasteiger partial charge on any atom is 0.295 e. The highest BCUT2D eigenvalue weighted by atomic mass is 16.5. The van der Waals surface area contributed by atoms with Crippen LogP contribution in [0.5, 0.6) is 11.5 Å². The number of carbonyl (C=O) groups excluding carboxylic acids is 2. The van der Waals surface area contributed by atoms with E-state index in [9.17, 15) is 19.8 Å². The van der Waals surface area contributed by atoms with E-state index in [1.165, 1.54) is 17.0 Å². The highest BCUT2D eigenvalue weighted by molar-refractivity contribution is 6.46. The zero-order valence-corrected chi connectivity index (χ0v) is 21.1. The Kier molecular flexibility index (Phi) is 7.96. The second-order valence-corrected chi connectivity index (χ2v) is 9.72. The first-order valence-electron chi connectivity index (χ1n) is 12.4. The molecule has 0 bridgehead atoms. The smallest absolute Gasteiger partial charge is 0.295 e. The molecular formula is C28H34N2O6. The Morgan fingerprint density at radius 2 is 1.78 bits per heavy atom. The van der Waals surface area contributed by atoms with Gasteiger partial charge in [-0.1, -0.05) is 26.0 Å². The van der Waals surface area contributed by atoms with Crippen LogP contribution in [0.25, 0.3) is 5.76 Å². The molecular weight excluding hydrogens is 460 g/mol. The molecule has 0 aliphatic carbocycles. The van der Waals surface area contributed by atoms with Crippen molar-refractivity contribution in [2.75, 3.05) is 46.0 Å². The fraction of sp³-hybridized carbons (Fsp3) is 0.429. The molecule has 2 aromatic carbocycles. The van der Waals surface area contributed by atoms with E-state index in [0.717, 1.165) is 18.7 Å². The van der Waals surface area contributed by atoms with Crippen LogP contribution in [-0.4, -0.2) is 77.7 Å². The molecule has 0 aromatic heterocycles. The minimum atomic E-state index is -0.760. The van der Waals surface area contributed by atoms with E-state index in [1.807, 2.05) is 6.92 Å². The van der Waals surface area contributed by atoms with Crippen molar-refractivity contribution in [3.63, 3.8) is 0 Å². The van der Waals surface area contributed by atoms with Gasteiger partial charge in [-0.25, -0.2) is 0 Å². The van der Waals surface area contributed by atoms with Gasteiger partial charge in [0.25, 0.3) is 11.7 Å². The van der Waals surface area contributed by atoms with Crippen LogP contribution in [0.4, 0.5) is 0 Å². The van der Waals surface area contributed by atoms with Crippen LogP contribution in [-0.2, 0) is 14.3 Å². The highest BCUT2D eigenvalue weighted by Gasteiger charge is 2.46. The SMILES string of the molecule is Cc1cc(C(O)=C2C(=O)C(=O)N(CCN3CCOCC3)[C@@H]2c2ccc(O)cc2)ccc1OCC(C)C. The second kappa shape index (κ2) is 11.1. The van der Waals surface area contributed by atoms with Gasteiger partial charge in [-0.3, -0.25) is 14.5 Å². The number of ether oxygens (including phenoxy) is 2. The summed E-state index contributed by atoms with van der Waals surface area (Å²) in [4.78, 5) is 30.1. The van der Waals surface area contributed by atoms with E-state index in [-0.39, 0.29) is 17.1 Å². The first-order valence-corrected chi connectivity index (χ1v) is 12.4. The Balaban J connectivity index is 1.69. The van der Waals surface area contributed by atoms with Crippen molar-refractivity contribution in [3.8, 4) is 11.5 Å². The number of Topliss-reactive ketones (excluding diaryl/α,β-unsaturated/α-hetero) is 1. The molecule has 1 amide bonds. The average Bonchev–Trinajstić information content (AvgIpc) is 3.12. The van der Waals surface area contributed by atoms with Crippen LogP contribution < -0.4 is 4.74 Å². The third-order valence-electron chi connectivity index (χ3n) is 6.53. The van der Waals surface area contributed by atoms with Gasteiger partial charge < -0.3 is 24.6 Å². The van der Waals surface area contributed by atoms with Crippen LogP contribution in [0.15, 0.2) is 48.0 Å². The van der Waals surface area contributed by atoms with Gasteiger partial charge in [-0.05, 0) is 54.3 Å². The summed E-state index contributed by atoms with van der Waals surface area (Å²) >= 11 is 0. The van der Waals surface area contributed by atoms with Gasteiger partial charge in [0, 0.05) is 31.7 Å². The summed E-state index contributed by atoms with van der Waals surface area (Å²) in [7, 11) is 0. The molecule has 2 aliphatic rings. The number of ketones is 1. The van der Waals surface area contributed by atoms with E-state index >= 15 is 0 Å². The Bertz CT molecular complexity index is 1140. The first kappa shape index (κ1) is 25.7. The van der Waals surface area contributed by atoms with Crippen molar-refractivity contribution in [2.24, 2.45) is 5.92 Å². The quantitative estimate of drug-likeness (QED) is 0.329. The van der Waals surface area contributed by atoms with Crippen molar-refractivity contribution in [3.05, 3.63) is 64.7 Å². The number of amides is 1. The van der Waals surface area contributed by atoms with Crippen molar-refractivity contribution in [2.45, 2.75) is 26.8 Å². The molecule has 0 radical (unpaired) electrons. The molecule has 2 N–H and O–H groups in total. The Morgan fingerprint density at radius 3 is 2.42 bits per heavy atom. The van der Waals surface area contributed by atoms with Crippen molar-refractivity contribution < 1.29 is 29.3 Å². The molecule has 2 aliphatic heterocycles. The van der Waals surface area contributed by atoms with Crippen molar-refractivity contribution in [1.82, 2.24) is 9.80 Å². The summed E-state index contributed by atoms with van der Waals surface area (Å²) in [6, 6.07) is 10.9. The minimum absolute atomic E-state index is 0.0444. The summed E-state index contributed by atoms with van der Waals surface area (Å²) in [5, 5.41) is 21.1. The van der Waals surface area contributed by atoms with Gasteiger partial charge in [-0.2, -0.15) is 0 Å². The number of carbonyl (C=O) groups is 2. The predicted octanol–water partition coefficient (Wildman–Crippen LogP) is 3.49. The number of aromatic hydroxyl groups is 1. The van der Waals surface area contributed by atoms with Crippen LogP contribution in [0.3, 0.4) is 0 Å². The van der Waals surface area contributed by atoms with E-state index in [4.69, 9.17) is 9.47 Å². The lowest BCUT2D eigenvalue weighted by atomic mass is 9.94. The number of rotatable bonds is 8. The zero-order chi connectivity index (χ0) is 25.8.